The minimum atomic E-state index is -3.35. The molecule has 0 bridgehead atoms. The maximum Gasteiger partial charge on any atom is 0.175 e. The van der Waals surface area contributed by atoms with E-state index in [1.165, 1.54) is 12.1 Å². The minimum Gasteiger partial charge on any atom is -0.224 e. The van der Waals surface area contributed by atoms with Crippen molar-refractivity contribution in [3.05, 3.63) is 27.7 Å². The molecule has 0 saturated heterocycles. The van der Waals surface area contributed by atoms with Crippen LogP contribution in [0.25, 0.3) is 0 Å². The summed E-state index contributed by atoms with van der Waals surface area (Å²) in [6.07, 6.45) is 1.04. The molecule has 0 amide bonds. The fraction of sp³-hybridized carbons (Fsp3) is 0.125. The summed E-state index contributed by atoms with van der Waals surface area (Å²) in [7, 11) is -3.35. The molecule has 0 radical (unpaired) electrons. The van der Waals surface area contributed by atoms with Gasteiger partial charge in [-0.05, 0) is 12.1 Å². The third kappa shape index (κ3) is 2.18. The van der Waals surface area contributed by atoms with Crippen LogP contribution < -0.4 is 0 Å². The van der Waals surface area contributed by atoms with Crippen LogP contribution in [0.3, 0.4) is 0 Å². The predicted octanol–water partition coefficient (Wildman–Crippen LogP) is 2.27. The van der Waals surface area contributed by atoms with Crippen LogP contribution in [-0.2, 0) is 9.84 Å². The molecule has 1 aromatic carbocycles. The number of nitrogens with zero attached hydrogens (tertiary/aromatic N) is 1. The molecule has 1 rings (SSSR count). The molecule has 14 heavy (non-hydrogen) atoms. The number of hydrogen-bond acceptors (Lipinski definition) is 3. The Morgan fingerprint density at radius 2 is 1.71 bits per heavy atom. The van der Waals surface area contributed by atoms with Crippen LogP contribution in [0.2, 0.25) is 10.0 Å². The quantitative estimate of drug-likeness (QED) is 0.768. The molecule has 6 heteroatoms. The van der Waals surface area contributed by atoms with Gasteiger partial charge < -0.3 is 0 Å². The molecule has 74 valence electrons. The highest BCUT2D eigenvalue weighted by Gasteiger charge is 2.13. The topological polar surface area (TPSA) is 57.9 Å². The van der Waals surface area contributed by atoms with Crippen molar-refractivity contribution in [3.63, 3.8) is 0 Å². The van der Waals surface area contributed by atoms with Crippen molar-refractivity contribution in [1.29, 1.82) is 5.26 Å². The van der Waals surface area contributed by atoms with Crippen LogP contribution in [0.4, 0.5) is 0 Å². The predicted molar refractivity (Wildman–Crippen MR) is 54.3 cm³/mol. The van der Waals surface area contributed by atoms with Gasteiger partial charge in [-0.3, -0.25) is 0 Å². The molecular weight excluding hydrogens is 245 g/mol. The second-order valence-electron chi connectivity index (χ2n) is 2.65. The Bertz CT molecular complexity index is 494. The van der Waals surface area contributed by atoms with Crippen LogP contribution in [0.15, 0.2) is 17.0 Å². The van der Waals surface area contributed by atoms with E-state index in [2.05, 4.69) is 0 Å². The van der Waals surface area contributed by atoms with Crippen molar-refractivity contribution in [3.8, 4) is 6.07 Å². The second kappa shape index (κ2) is 3.77. The smallest absolute Gasteiger partial charge is 0.175 e. The van der Waals surface area contributed by atoms with E-state index in [0.717, 1.165) is 6.26 Å². The summed E-state index contributed by atoms with van der Waals surface area (Å²) < 4.78 is 22.3. The van der Waals surface area contributed by atoms with Gasteiger partial charge in [-0.25, -0.2) is 8.42 Å². The monoisotopic (exact) mass is 249 g/mol. The Morgan fingerprint density at radius 1 is 1.29 bits per heavy atom. The van der Waals surface area contributed by atoms with Crippen molar-refractivity contribution in [2.75, 3.05) is 6.26 Å². The third-order valence-corrected chi connectivity index (χ3v) is 3.24. The van der Waals surface area contributed by atoms with Gasteiger partial charge in [0.15, 0.2) is 9.84 Å². The second-order valence-corrected chi connectivity index (χ2v) is 5.48. The summed E-state index contributed by atoms with van der Waals surface area (Å²) in [5, 5.41) is 8.71. The van der Waals surface area contributed by atoms with Crippen LogP contribution in [0, 0.1) is 11.3 Å². The highest BCUT2D eigenvalue weighted by molar-refractivity contribution is 7.90. The lowest BCUT2D eigenvalue weighted by atomic mass is 10.2. The van der Waals surface area contributed by atoms with Crippen molar-refractivity contribution in [2.24, 2.45) is 0 Å². The number of halogens is 2. The maximum atomic E-state index is 11.1. The Hall–Kier alpha value is -0.760. The molecule has 0 spiro atoms. The summed E-state index contributed by atoms with van der Waals surface area (Å²) >= 11 is 11.3. The molecule has 0 saturated carbocycles. The molecule has 0 unspecified atom stereocenters. The van der Waals surface area contributed by atoms with Gasteiger partial charge >= 0.3 is 0 Å². The average molecular weight is 250 g/mol. The van der Waals surface area contributed by atoms with Crippen molar-refractivity contribution in [1.82, 2.24) is 0 Å². The van der Waals surface area contributed by atoms with Crippen LogP contribution in [-0.4, -0.2) is 14.7 Å². The standard InChI is InChI=1S/C8H5Cl2NO2S/c1-14(12,13)5-2-7(9)6(4-11)8(10)3-5/h2-3H,1H3. The van der Waals surface area contributed by atoms with Crippen LogP contribution >= 0.6 is 23.2 Å². The SMILES string of the molecule is CS(=O)(=O)c1cc(Cl)c(C#N)c(Cl)c1. The zero-order valence-corrected chi connectivity index (χ0v) is 9.41. The van der Waals surface area contributed by atoms with Gasteiger partial charge in [0.1, 0.15) is 6.07 Å². The number of sulfone groups is 1. The van der Waals surface area contributed by atoms with Gasteiger partial charge in [-0.2, -0.15) is 5.26 Å². The fourth-order valence-electron chi connectivity index (χ4n) is 0.871. The first-order chi connectivity index (χ1) is 6.36. The van der Waals surface area contributed by atoms with E-state index in [4.69, 9.17) is 28.5 Å². The molecule has 0 aliphatic carbocycles. The number of nitriles is 1. The summed E-state index contributed by atoms with van der Waals surface area (Å²) in [5.41, 5.74) is 0.0840. The maximum absolute atomic E-state index is 11.1. The first-order valence-electron chi connectivity index (χ1n) is 3.45. The highest BCUT2D eigenvalue weighted by Crippen LogP contribution is 2.27. The number of hydrogen-bond donors (Lipinski definition) is 0. The summed E-state index contributed by atoms with van der Waals surface area (Å²) in [4.78, 5) is 0.00602. The van der Waals surface area contributed by atoms with Crippen LogP contribution in [0.5, 0.6) is 0 Å². The zero-order chi connectivity index (χ0) is 10.9. The van der Waals surface area contributed by atoms with Gasteiger partial charge in [0.2, 0.25) is 0 Å². The average Bonchev–Trinajstić information content (AvgIpc) is 2.01. The normalized spacial score (nSPS) is 11.0. The van der Waals surface area contributed by atoms with Gasteiger partial charge in [0, 0.05) is 6.26 Å². The van der Waals surface area contributed by atoms with E-state index in [0.29, 0.717) is 0 Å². The Kier molecular flexibility index (Phi) is 3.05. The molecule has 1 aromatic rings. The zero-order valence-electron chi connectivity index (χ0n) is 7.08. The van der Waals surface area contributed by atoms with Gasteiger partial charge in [-0.1, -0.05) is 23.2 Å². The van der Waals surface area contributed by atoms with Crippen molar-refractivity contribution >= 4 is 33.0 Å². The number of benzene rings is 1. The molecular formula is C8H5Cl2NO2S. The molecule has 3 nitrogen and oxygen atoms in total. The lowest BCUT2D eigenvalue weighted by Gasteiger charge is -2.02. The Morgan fingerprint density at radius 3 is 2.00 bits per heavy atom. The molecule has 0 atom stereocenters. The third-order valence-electron chi connectivity index (χ3n) is 1.56. The molecule has 0 aliphatic heterocycles. The Balaban J connectivity index is 3.53. The fourth-order valence-corrected chi connectivity index (χ4v) is 2.24. The largest absolute Gasteiger partial charge is 0.224 e. The van der Waals surface area contributed by atoms with Gasteiger partial charge in [-0.15, -0.1) is 0 Å². The summed E-state index contributed by atoms with van der Waals surface area (Å²) in [5.74, 6) is 0. The lowest BCUT2D eigenvalue weighted by molar-refractivity contribution is 0.602. The van der Waals surface area contributed by atoms with E-state index in [1.807, 2.05) is 0 Å². The van der Waals surface area contributed by atoms with E-state index in [9.17, 15) is 8.42 Å². The lowest BCUT2D eigenvalue weighted by Crippen LogP contribution is -1.97. The first-order valence-corrected chi connectivity index (χ1v) is 6.10. The van der Waals surface area contributed by atoms with Crippen molar-refractivity contribution < 1.29 is 8.42 Å². The minimum absolute atomic E-state index is 0.00602. The van der Waals surface area contributed by atoms with E-state index < -0.39 is 9.84 Å². The van der Waals surface area contributed by atoms with E-state index in [1.54, 1.807) is 6.07 Å². The van der Waals surface area contributed by atoms with Gasteiger partial charge in [0.25, 0.3) is 0 Å². The summed E-state index contributed by atoms with van der Waals surface area (Å²) in [6, 6.07) is 4.20. The Labute approximate surface area is 91.8 Å². The molecule has 0 fully saturated rings. The van der Waals surface area contributed by atoms with Gasteiger partial charge in [0.05, 0.1) is 20.5 Å². The van der Waals surface area contributed by atoms with E-state index >= 15 is 0 Å². The first kappa shape index (κ1) is 11.3. The highest BCUT2D eigenvalue weighted by atomic mass is 35.5. The van der Waals surface area contributed by atoms with Crippen LogP contribution in [0.1, 0.15) is 5.56 Å². The molecule has 0 heterocycles. The van der Waals surface area contributed by atoms with E-state index in [-0.39, 0.29) is 20.5 Å². The van der Waals surface area contributed by atoms with Crippen molar-refractivity contribution in [2.45, 2.75) is 4.90 Å². The summed E-state index contributed by atoms with van der Waals surface area (Å²) in [6.45, 7) is 0. The molecule has 0 N–H and O–H groups in total. The molecule has 0 aliphatic rings. The molecule has 0 aromatic heterocycles. The number of rotatable bonds is 1.